The molecule has 7 heteroatoms. The summed E-state index contributed by atoms with van der Waals surface area (Å²) in [5.74, 6) is 1.91. The summed E-state index contributed by atoms with van der Waals surface area (Å²) in [7, 11) is 3.50. The van der Waals surface area contributed by atoms with Gasteiger partial charge in [-0.15, -0.1) is 0 Å². The number of aromatic nitrogens is 2. The second kappa shape index (κ2) is 5.78. The molecule has 1 aromatic rings. The van der Waals surface area contributed by atoms with Crippen LogP contribution >= 0.6 is 0 Å². The molecule has 1 heterocycles. The number of nitrogens with one attached hydrogen (secondary N) is 2. The van der Waals surface area contributed by atoms with Crippen molar-refractivity contribution in [2.75, 3.05) is 14.2 Å². The Bertz CT molecular complexity index is 483. The van der Waals surface area contributed by atoms with E-state index in [-0.39, 0.29) is 11.5 Å². The van der Waals surface area contributed by atoms with Gasteiger partial charge in [-0.25, -0.2) is 0 Å². The summed E-state index contributed by atoms with van der Waals surface area (Å²) in [6.07, 6.45) is 1.26. The molecule has 0 aromatic carbocycles. The van der Waals surface area contributed by atoms with Crippen molar-refractivity contribution < 1.29 is 9.26 Å². The second-order valence-electron chi connectivity index (χ2n) is 5.64. The van der Waals surface area contributed by atoms with Crippen molar-refractivity contribution in [2.45, 2.75) is 45.9 Å². The Morgan fingerprint density at radius 2 is 2.30 bits per heavy atom. The lowest BCUT2D eigenvalue weighted by Crippen LogP contribution is -2.63. The van der Waals surface area contributed by atoms with E-state index in [1.807, 2.05) is 0 Å². The van der Waals surface area contributed by atoms with E-state index in [0.29, 0.717) is 24.3 Å². The molecule has 1 aromatic heterocycles. The summed E-state index contributed by atoms with van der Waals surface area (Å²) in [4.78, 5) is 8.35. The Morgan fingerprint density at radius 1 is 1.55 bits per heavy atom. The third kappa shape index (κ3) is 2.92. The normalized spacial score (nSPS) is 25.1. The van der Waals surface area contributed by atoms with E-state index in [1.165, 1.54) is 0 Å². The third-order valence-corrected chi connectivity index (χ3v) is 3.97. The zero-order valence-corrected chi connectivity index (χ0v) is 12.7. The quantitative estimate of drug-likeness (QED) is 0.629. The molecule has 0 bridgehead atoms. The molecular weight excluding hydrogens is 258 g/mol. The van der Waals surface area contributed by atoms with E-state index >= 15 is 0 Å². The fraction of sp³-hybridized carbons (Fsp3) is 0.769. The summed E-state index contributed by atoms with van der Waals surface area (Å²) >= 11 is 0. The minimum Gasteiger partial charge on any atom is -0.381 e. The Hall–Kier alpha value is -1.63. The van der Waals surface area contributed by atoms with Crippen LogP contribution in [0.3, 0.4) is 0 Å². The highest BCUT2D eigenvalue weighted by Gasteiger charge is 2.48. The third-order valence-electron chi connectivity index (χ3n) is 3.97. The molecule has 7 nitrogen and oxygen atoms in total. The topological polar surface area (TPSA) is 84.6 Å². The summed E-state index contributed by atoms with van der Waals surface area (Å²) in [6, 6.07) is 0.336. The zero-order chi connectivity index (χ0) is 14.8. The van der Waals surface area contributed by atoms with Crippen molar-refractivity contribution in [2.24, 2.45) is 10.4 Å². The molecular formula is C13H23N5O2. The fourth-order valence-electron chi connectivity index (χ4n) is 2.46. The van der Waals surface area contributed by atoms with Gasteiger partial charge in [-0.3, -0.25) is 4.99 Å². The minimum atomic E-state index is 0.0907. The van der Waals surface area contributed by atoms with Gasteiger partial charge in [0.2, 0.25) is 5.89 Å². The lowest BCUT2D eigenvalue weighted by Gasteiger charge is -2.51. The van der Waals surface area contributed by atoms with Gasteiger partial charge < -0.3 is 19.9 Å². The summed E-state index contributed by atoms with van der Waals surface area (Å²) in [5, 5.41) is 10.3. The van der Waals surface area contributed by atoms with Gasteiger partial charge in [-0.05, 0) is 13.3 Å². The van der Waals surface area contributed by atoms with Crippen LogP contribution in [0, 0.1) is 12.3 Å². The van der Waals surface area contributed by atoms with Crippen LogP contribution in [-0.2, 0) is 11.3 Å². The molecule has 20 heavy (non-hydrogen) atoms. The van der Waals surface area contributed by atoms with Crippen molar-refractivity contribution in [1.82, 2.24) is 20.8 Å². The van der Waals surface area contributed by atoms with Crippen molar-refractivity contribution in [3.8, 4) is 0 Å². The van der Waals surface area contributed by atoms with Gasteiger partial charge in [0, 0.05) is 25.6 Å². The Labute approximate surface area is 119 Å². The van der Waals surface area contributed by atoms with Crippen molar-refractivity contribution in [1.29, 1.82) is 0 Å². The number of aryl methyl sites for hydroxylation is 1. The highest BCUT2D eigenvalue weighted by Crippen LogP contribution is 2.42. The van der Waals surface area contributed by atoms with E-state index in [4.69, 9.17) is 9.26 Å². The SMILES string of the molecule is CN=C(NCc1nc(C)no1)NC1CC(OC)C1(C)C. The average molecular weight is 281 g/mol. The van der Waals surface area contributed by atoms with E-state index in [9.17, 15) is 0 Å². The monoisotopic (exact) mass is 281 g/mol. The van der Waals surface area contributed by atoms with Gasteiger partial charge >= 0.3 is 0 Å². The van der Waals surface area contributed by atoms with Crippen molar-refractivity contribution in [3.05, 3.63) is 11.7 Å². The molecule has 1 fully saturated rings. The van der Waals surface area contributed by atoms with Crippen LogP contribution in [0.1, 0.15) is 32.0 Å². The number of ether oxygens (including phenoxy) is 1. The lowest BCUT2D eigenvalue weighted by atomic mass is 9.64. The first kappa shape index (κ1) is 14.8. The molecule has 112 valence electrons. The first-order valence-corrected chi connectivity index (χ1v) is 6.76. The predicted octanol–water partition coefficient (Wildman–Crippen LogP) is 0.857. The van der Waals surface area contributed by atoms with Gasteiger partial charge in [0.05, 0.1) is 12.6 Å². The zero-order valence-electron chi connectivity index (χ0n) is 12.7. The van der Waals surface area contributed by atoms with Crippen molar-refractivity contribution in [3.63, 3.8) is 0 Å². The number of aliphatic imine (C=N–C) groups is 1. The number of rotatable bonds is 4. The number of guanidine groups is 1. The van der Waals surface area contributed by atoms with Crippen LogP contribution in [0.25, 0.3) is 0 Å². The van der Waals surface area contributed by atoms with E-state index < -0.39 is 0 Å². The minimum absolute atomic E-state index is 0.0907. The van der Waals surface area contributed by atoms with Gasteiger partial charge in [0.25, 0.3) is 0 Å². The molecule has 0 aliphatic heterocycles. The smallest absolute Gasteiger partial charge is 0.246 e. The van der Waals surface area contributed by atoms with Gasteiger partial charge in [-0.2, -0.15) is 4.98 Å². The largest absolute Gasteiger partial charge is 0.381 e. The van der Waals surface area contributed by atoms with E-state index in [1.54, 1.807) is 21.1 Å². The fourth-order valence-corrected chi connectivity index (χ4v) is 2.46. The van der Waals surface area contributed by atoms with E-state index in [2.05, 4.69) is 39.6 Å². The lowest BCUT2D eigenvalue weighted by molar-refractivity contribution is -0.0922. The number of methoxy groups -OCH3 is 1. The first-order valence-electron chi connectivity index (χ1n) is 6.76. The molecule has 1 saturated carbocycles. The Morgan fingerprint density at radius 3 is 2.80 bits per heavy atom. The standard InChI is InChI=1S/C13H23N5O2/c1-8-16-11(20-18-8)7-15-12(14-4)17-9-6-10(19-5)13(9,2)3/h9-10H,6-7H2,1-5H3,(H2,14,15,17). The van der Waals surface area contributed by atoms with Crippen LogP contribution in [-0.4, -0.2) is 42.4 Å². The van der Waals surface area contributed by atoms with Crippen LogP contribution in [0.2, 0.25) is 0 Å². The molecule has 2 unspecified atom stereocenters. The van der Waals surface area contributed by atoms with E-state index in [0.717, 1.165) is 12.4 Å². The Kier molecular flexibility index (Phi) is 4.27. The molecule has 1 aliphatic carbocycles. The van der Waals surface area contributed by atoms with Crippen LogP contribution in [0.5, 0.6) is 0 Å². The molecule has 0 spiro atoms. The average Bonchev–Trinajstić information content (AvgIpc) is 2.83. The predicted molar refractivity (Wildman–Crippen MR) is 75.4 cm³/mol. The number of hydrogen-bond acceptors (Lipinski definition) is 5. The van der Waals surface area contributed by atoms with Crippen LogP contribution in [0.15, 0.2) is 9.52 Å². The maximum absolute atomic E-state index is 5.45. The van der Waals surface area contributed by atoms with Gasteiger partial charge in [-0.1, -0.05) is 19.0 Å². The summed E-state index contributed by atoms with van der Waals surface area (Å²) in [5.41, 5.74) is 0.0907. The van der Waals surface area contributed by atoms with Crippen LogP contribution in [0.4, 0.5) is 0 Å². The van der Waals surface area contributed by atoms with Crippen LogP contribution < -0.4 is 10.6 Å². The number of hydrogen-bond donors (Lipinski definition) is 2. The molecule has 2 N–H and O–H groups in total. The number of nitrogens with zero attached hydrogens (tertiary/aromatic N) is 3. The maximum atomic E-state index is 5.45. The highest BCUT2D eigenvalue weighted by atomic mass is 16.5. The summed E-state index contributed by atoms with van der Waals surface area (Å²) < 4.78 is 10.5. The molecule has 2 rings (SSSR count). The van der Waals surface area contributed by atoms with Gasteiger partial charge in [0.15, 0.2) is 11.8 Å². The summed E-state index contributed by atoms with van der Waals surface area (Å²) in [6.45, 7) is 6.64. The second-order valence-corrected chi connectivity index (χ2v) is 5.64. The molecule has 1 aliphatic rings. The Balaban J connectivity index is 1.85. The van der Waals surface area contributed by atoms with Gasteiger partial charge in [0.1, 0.15) is 0 Å². The highest BCUT2D eigenvalue weighted by molar-refractivity contribution is 5.80. The molecule has 0 amide bonds. The van der Waals surface area contributed by atoms with Crippen molar-refractivity contribution >= 4 is 5.96 Å². The molecule has 0 saturated heterocycles. The maximum Gasteiger partial charge on any atom is 0.246 e. The first-order chi connectivity index (χ1) is 9.47. The molecule has 0 radical (unpaired) electrons. The molecule has 2 atom stereocenters.